The normalized spacial score (nSPS) is 16.0. The zero-order valence-corrected chi connectivity index (χ0v) is 18.9. The molecule has 0 radical (unpaired) electrons. The SMILES string of the molecule is CC[C@@H](C)Oc1ccccc1/C=C1/SC(=O)N(CC(=O)Nc2ccc(C)cc2C)C1=O. The smallest absolute Gasteiger partial charge is 0.294 e. The molecule has 1 saturated heterocycles. The number of hydrogen-bond acceptors (Lipinski definition) is 5. The molecule has 1 fully saturated rings. The molecule has 7 heteroatoms. The van der Waals surface area contributed by atoms with E-state index in [0.29, 0.717) is 17.0 Å². The Balaban J connectivity index is 1.73. The number of benzene rings is 2. The van der Waals surface area contributed by atoms with Crippen LogP contribution in [0.4, 0.5) is 10.5 Å². The number of anilines is 1. The van der Waals surface area contributed by atoms with Gasteiger partial charge in [-0.2, -0.15) is 0 Å². The number of imide groups is 1. The first-order chi connectivity index (χ1) is 14.8. The Morgan fingerprint density at radius 3 is 2.65 bits per heavy atom. The maximum atomic E-state index is 12.8. The third-order valence-corrected chi connectivity index (χ3v) is 5.85. The Labute approximate surface area is 186 Å². The summed E-state index contributed by atoms with van der Waals surface area (Å²) in [6.45, 7) is 7.53. The lowest BCUT2D eigenvalue weighted by Gasteiger charge is -2.15. The van der Waals surface area contributed by atoms with Crippen LogP contribution >= 0.6 is 11.8 Å². The maximum absolute atomic E-state index is 12.8. The molecule has 6 nitrogen and oxygen atoms in total. The van der Waals surface area contributed by atoms with Crippen LogP contribution in [0, 0.1) is 13.8 Å². The van der Waals surface area contributed by atoms with E-state index in [9.17, 15) is 14.4 Å². The molecular formula is C24H26N2O4S. The van der Waals surface area contributed by atoms with Gasteiger partial charge in [0.25, 0.3) is 11.1 Å². The van der Waals surface area contributed by atoms with E-state index < -0.39 is 17.1 Å². The monoisotopic (exact) mass is 438 g/mol. The lowest BCUT2D eigenvalue weighted by Crippen LogP contribution is -2.36. The number of ether oxygens (including phenoxy) is 1. The largest absolute Gasteiger partial charge is 0.490 e. The van der Waals surface area contributed by atoms with Crippen LogP contribution < -0.4 is 10.1 Å². The molecule has 162 valence electrons. The Bertz CT molecular complexity index is 1050. The summed E-state index contributed by atoms with van der Waals surface area (Å²) in [5.41, 5.74) is 3.38. The molecule has 1 aliphatic heterocycles. The summed E-state index contributed by atoms with van der Waals surface area (Å²) in [4.78, 5) is 38.9. The summed E-state index contributed by atoms with van der Waals surface area (Å²) < 4.78 is 5.92. The zero-order chi connectivity index (χ0) is 22.5. The molecule has 3 amide bonds. The second-order valence-corrected chi connectivity index (χ2v) is 8.50. The van der Waals surface area contributed by atoms with Crippen LogP contribution in [0.5, 0.6) is 5.75 Å². The molecule has 1 aliphatic rings. The molecule has 2 aromatic carbocycles. The molecule has 1 N–H and O–H groups in total. The highest BCUT2D eigenvalue weighted by atomic mass is 32.2. The first kappa shape index (κ1) is 22.6. The maximum Gasteiger partial charge on any atom is 0.294 e. The van der Waals surface area contributed by atoms with Gasteiger partial charge in [-0.3, -0.25) is 19.3 Å². The Kier molecular flexibility index (Phi) is 7.17. The van der Waals surface area contributed by atoms with Gasteiger partial charge in [0.05, 0.1) is 11.0 Å². The second kappa shape index (κ2) is 9.83. The molecule has 1 heterocycles. The van der Waals surface area contributed by atoms with Crippen molar-refractivity contribution in [2.24, 2.45) is 0 Å². The quantitative estimate of drug-likeness (QED) is 0.605. The molecule has 0 saturated carbocycles. The van der Waals surface area contributed by atoms with Gasteiger partial charge < -0.3 is 10.1 Å². The predicted octanol–water partition coefficient (Wildman–Crippen LogP) is 5.16. The molecule has 0 bridgehead atoms. The van der Waals surface area contributed by atoms with Gasteiger partial charge in [0.2, 0.25) is 5.91 Å². The summed E-state index contributed by atoms with van der Waals surface area (Å²) >= 11 is 0.826. The molecule has 0 aliphatic carbocycles. The van der Waals surface area contributed by atoms with Gasteiger partial charge in [-0.05, 0) is 62.7 Å². The van der Waals surface area contributed by atoms with Gasteiger partial charge in [-0.15, -0.1) is 0 Å². The first-order valence-corrected chi connectivity index (χ1v) is 11.0. The molecule has 0 spiro atoms. The standard InChI is InChI=1S/C24H26N2O4S/c1-5-17(4)30-20-9-7-6-8-18(20)13-21-23(28)26(24(29)31-21)14-22(27)25-19-11-10-15(2)12-16(19)3/h6-13,17H,5,14H2,1-4H3,(H,25,27)/b21-13+/t17-/m1/s1. The summed E-state index contributed by atoms with van der Waals surface area (Å²) in [5, 5.41) is 2.31. The van der Waals surface area contributed by atoms with Crippen LogP contribution in [-0.4, -0.2) is 34.6 Å². The average molecular weight is 439 g/mol. The van der Waals surface area contributed by atoms with Gasteiger partial charge in [0.1, 0.15) is 12.3 Å². The molecule has 0 aromatic heterocycles. The average Bonchev–Trinajstić information content (AvgIpc) is 2.98. The van der Waals surface area contributed by atoms with Crippen molar-refractivity contribution in [1.29, 1.82) is 0 Å². The van der Waals surface area contributed by atoms with E-state index in [1.54, 1.807) is 6.08 Å². The number of para-hydroxylation sites is 1. The number of aryl methyl sites for hydroxylation is 2. The fourth-order valence-electron chi connectivity index (χ4n) is 3.07. The van der Waals surface area contributed by atoms with E-state index in [-0.39, 0.29) is 17.6 Å². The summed E-state index contributed by atoms with van der Waals surface area (Å²) in [5.74, 6) is -0.253. The van der Waals surface area contributed by atoms with Gasteiger partial charge in [-0.1, -0.05) is 42.8 Å². The Morgan fingerprint density at radius 1 is 1.19 bits per heavy atom. The third-order valence-electron chi connectivity index (χ3n) is 4.94. The van der Waals surface area contributed by atoms with E-state index in [1.165, 1.54) is 0 Å². The first-order valence-electron chi connectivity index (χ1n) is 10.2. The number of nitrogens with one attached hydrogen (secondary N) is 1. The minimum absolute atomic E-state index is 0.0264. The molecule has 31 heavy (non-hydrogen) atoms. The van der Waals surface area contributed by atoms with Crippen molar-refractivity contribution in [1.82, 2.24) is 4.90 Å². The second-order valence-electron chi connectivity index (χ2n) is 7.51. The highest BCUT2D eigenvalue weighted by Crippen LogP contribution is 2.34. The van der Waals surface area contributed by atoms with Crippen molar-refractivity contribution in [3.63, 3.8) is 0 Å². The van der Waals surface area contributed by atoms with E-state index in [0.717, 1.165) is 34.2 Å². The minimum atomic E-state index is -0.482. The van der Waals surface area contributed by atoms with Gasteiger partial charge >= 0.3 is 0 Å². The zero-order valence-electron chi connectivity index (χ0n) is 18.1. The molecular weight excluding hydrogens is 412 g/mol. The van der Waals surface area contributed by atoms with Crippen molar-refractivity contribution in [3.05, 3.63) is 64.1 Å². The van der Waals surface area contributed by atoms with Crippen molar-refractivity contribution >= 4 is 40.6 Å². The highest BCUT2D eigenvalue weighted by molar-refractivity contribution is 8.18. The van der Waals surface area contributed by atoms with E-state index in [2.05, 4.69) is 5.32 Å². The van der Waals surface area contributed by atoms with E-state index in [1.807, 2.05) is 70.2 Å². The van der Waals surface area contributed by atoms with E-state index >= 15 is 0 Å². The molecule has 3 rings (SSSR count). The fourth-order valence-corrected chi connectivity index (χ4v) is 3.90. The summed E-state index contributed by atoms with van der Waals surface area (Å²) in [7, 11) is 0. The van der Waals surface area contributed by atoms with Crippen molar-refractivity contribution in [2.75, 3.05) is 11.9 Å². The van der Waals surface area contributed by atoms with Crippen LogP contribution in [0.1, 0.15) is 37.0 Å². The van der Waals surface area contributed by atoms with Crippen molar-refractivity contribution in [3.8, 4) is 5.75 Å². The van der Waals surface area contributed by atoms with Crippen LogP contribution in [0.25, 0.3) is 6.08 Å². The lowest BCUT2D eigenvalue weighted by atomic mass is 10.1. The molecule has 1 atom stereocenters. The number of thioether (sulfide) groups is 1. The number of rotatable bonds is 7. The van der Waals surface area contributed by atoms with Crippen molar-refractivity contribution in [2.45, 2.75) is 40.2 Å². The number of hydrogen-bond donors (Lipinski definition) is 1. The van der Waals surface area contributed by atoms with Gasteiger partial charge in [-0.25, -0.2) is 0 Å². The Morgan fingerprint density at radius 2 is 1.94 bits per heavy atom. The number of carbonyl (C=O) groups is 3. The van der Waals surface area contributed by atoms with Crippen LogP contribution in [0.2, 0.25) is 0 Å². The highest BCUT2D eigenvalue weighted by Gasteiger charge is 2.36. The summed E-state index contributed by atoms with van der Waals surface area (Å²) in [6, 6.07) is 13.0. The fraction of sp³-hybridized carbons (Fsp3) is 0.292. The van der Waals surface area contributed by atoms with Gasteiger partial charge in [0, 0.05) is 11.3 Å². The van der Waals surface area contributed by atoms with E-state index in [4.69, 9.17) is 4.74 Å². The van der Waals surface area contributed by atoms with Crippen LogP contribution in [0.15, 0.2) is 47.4 Å². The van der Waals surface area contributed by atoms with Crippen LogP contribution in [0.3, 0.4) is 0 Å². The predicted molar refractivity (Wildman–Crippen MR) is 124 cm³/mol. The minimum Gasteiger partial charge on any atom is -0.490 e. The third kappa shape index (κ3) is 5.55. The molecule has 0 unspecified atom stereocenters. The lowest BCUT2D eigenvalue weighted by molar-refractivity contribution is -0.127. The number of nitrogens with zero attached hydrogens (tertiary/aromatic N) is 1. The van der Waals surface area contributed by atoms with Gasteiger partial charge in [0.15, 0.2) is 0 Å². The Hall–Kier alpha value is -3.06. The summed E-state index contributed by atoms with van der Waals surface area (Å²) in [6.07, 6.45) is 2.52. The molecule has 2 aromatic rings. The number of carbonyl (C=O) groups excluding carboxylic acids is 3. The topological polar surface area (TPSA) is 75.7 Å². The number of amides is 3. The van der Waals surface area contributed by atoms with Crippen LogP contribution in [-0.2, 0) is 9.59 Å². The van der Waals surface area contributed by atoms with Crippen molar-refractivity contribution < 1.29 is 19.1 Å².